The first-order valence-corrected chi connectivity index (χ1v) is 6.76. The summed E-state index contributed by atoms with van der Waals surface area (Å²) in [5.74, 6) is 5.50. The Bertz CT molecular complexity index is 786. The molecule has 3 N–H and O–H groups in total. The molecule has 106 valence electrons. The monoisotopic (exact) mass is 281 g/mol. The van der Waals surface area contributed by atoms with E-state index in [1.807, 2.05) is 36.4 Å². The van der Waals surface area contributed by atoms with E-state index in [2.05, 4.69) is 10.4 Å². The van der Waals surface area contributed by atoms with E-state index in [-0.39, 0.29) is 11.9 Å². The predicted octanol–water partition coefficient (Wildman–Crippen LogP) is 3.24. The van der Waals surface area contributed by atoms with Gasteiger partial charge in [0.25, 0.3) is 0 Å². The largest absolute Gasteiger partial charge is 0.271 e. The Morgan fingerprint density at radius 2 is 1.86 bits per heavy atom. The van der Waals surface area contributed by atoms with E-state index in [1.54, 1.807) is 19.2 Å². The molecule has 3 rings (SSSR count). The molecule has 3 aromatic rings. The van der Waals surface area contributed by atoms with E-state index in [1.165, 1.54) is 6.07 Å². The van der Waals surface area contributed by atoms with E-state index >= 15 is 0 Å². The molecule has 0 fully saturated rings. The second kappa shape index (κ2) is 5.60. The van der Waals surface area contributed by atoms with Gasteiger partial charge in [0.1, 0.15) is 5.82 Å². The highest BCUT2D eigenvalue weighted by Crippen LogP contribution is 2.25. The van der Waals surface area contributed by atoms with Gasteiger partial charge in [-0.1, -0.05) is 24.3 Å². The van der Waals surface area contributed by atoms with E-state index in [4.69, 9.17) is 5.84 Å². The van der Waals surface area contributed by atoms with Crippen molar-refractivity contribution in [1.29, 1.82) is 0 Å². The standard InChI is InChI=1S/C17H16FN3/c1-11-9-13(4-6-15(11)18)17(21-19)14-5-7-16-12(10-14)3-2-8-20-16/h2-10,17,21H,19H2,1H3. The molecule has 1 unspecified atom stereocenters. The third kappa shape index (κ3) is 2.63. The van der Waals surface area contributed by atoms with Gasteiger partial charge in [-0.25, -0.2) is 9.82 Å². The zero-order valence-electron chi connectivity index (χ0n) is 11.7. The number of nitrogens with zero attached hydrogens (tertiary/aromatic N) is 1. The molecule has 0 aliphatic rings. The molecule has 2 aromatic carbocycles. The first-order chi connectivity index (χ1) is 10.2. The summed E-state index contributed by atoms with van der Waals surface area (Å²) in [6.07, 6.45) is 1.77. The molecule has 3 nitrogen and oxygen atoms in total. The zero-order valence-corrected chi connectivity index (χ0v) is 11.7. The fourth-order valence-corrected chi connectivity index (χ4v) is 2.51. The quantitative estimate of drug-likeness (QED) is 0.572. The Morgan fingerprint density at radius 3 is 2.62 bits per heavy atom. The normalized spacial score (nSPS) is 12.5. The van der Waals surface area contributed by atoms with Crippen LogP contribution in [0.3, 0.4) is 0 Å². The summed E-state index contributed by atoms with van der Waals surface area (Å²) in [5.41, 5.74) is 6.29. The number of benzene rings is 2. The van der Waals surface area contributed by atoms with Crippen LogP contribution in [0.4, 0.5) is 4.39 Å². The lowest BCUT2D eigenvalue weighted by atomic mass is 9.96. The Hall–Kier alpha value is -2.30. The van der Waals surface area contributed by atoms with Crippen LogP contribution in [0.2, 0.25) is 0 Å². The summed E-state index contributed by atoms with van der Waals surface area (Å²) in [5, 5.41) is 1.05. The highest BCUT2D eigenvalue weighted by Gasteiger charge is 2.14. The van der Waals surface area contributed by atoms with Crippen LogP contribution < -0.4 is 11.3 Å². The van der Waals surface area contributed by atoms with Crippen LogP contribution in [0.25, 0.3) is 10.9 Å². The third-order valence-corrected chi connectivity index (χ3v) is 3.64. The summed E-state index contributed by atoms with van der Waals surface area (Å²) in [6.45, 7) is 1.75. The van der Waals surface area contributed by atoms with Crippen molar-refractivity contribution in [2.75, 3.05) is 0 Å². The molecular weight excluding hydrogens is 265 g/mol. The number of hydrogen-bond donors (Lipinski definition) is 2. The molecule has 21 heavy (non-hydrogen) atoms. The lowest BCUT2D eigenvalue weighted by molar-refractivity contribution is 0.608. The maximum absolute atomic E-state index is 13.4. The number of fused-ring (bicyclic) bond motifs is 1. The number of aryl methyl sites for hydroxylation is 1. The Kier molecular flexibility index (Phi) is 3.64. The average Bonchev–Trinajstić information content (AvgIpc) is 2.51. The first kappa shape index (κ1) is 13.7. The molecule has 4 heteroatoms. The third-order valence-electron chi connectivity index (χ3n) is 3.64. The van der Waals surface area contributed by atoms with Gasteiger partial charge in [0.05, 0.1) is 11.6 Å². The molecule has 0 aliphatic heterocycles. The minimum atomic E-state index is -0.211. The van der Waals surface area contributed by atoms with Crippen LogP contribution in [0.1, 0.15) is 22.7 Å². The van der Waals surface area contributed by atoms with Crippen LogP contribution in [0.15, 0.2) is 54.7 Å². The lowest BCUT2D eigenvalue weighted by Gasteiger charge is -2.18. The van der Waals surface area contributed by atoms with Gasteiger partial charge < -0.3 is 0 Å². The van der Waals surface area contributed by atoms with Crippen molar-refractivity contribution in [3.8, 4) is 0 Å². The highest BCUT2D eigenvalue weighted by molar-refractivity contribution is 5.79. The van der Waals surface area contributed by atoms with Gasteiger partial charge in [-0.3, -0.25) is 10.8 Å². The number of hydrazine groups is 1. The predicted molar refractivity (Wildman–Crippen MR) is 82.0 cm³/mol. The van der Waals surface area contributed by atoms with Crippen LogP contribution in [-0.4, -0.2) is 4.98 Å². The summed E-state index contributed by atoms with van der Waals surface area (Å²) in [6, 6.07) is 14.8. The molecule has 1 atom stereocenters. The van der Waals surface area contributed by atoms with Crippen LogP contribution in [0, 0.1) is 12.7 Å². The number of hydrogen-bond acceptors (Lipinski definition) is 3. The number of rotatable bonds is 3. The number of aromatic nitrogens is 1. The zero-order chi connectivity index (χ0) is 14.8. The van der Waals surface area contributed by atoms with Gasteiger partial charge in [0.2, 0.25) is 0 Å². The molecular formula is C17H16FN3. The molecule has 0 saturated heterocycles. The van der Waals surface area contributed by atoms with Crippen LogP contribution in [0.5, 0.6) is 0 Å². The topological polar surface area (TPSA) is 50.9 Å². The number of nitrogens with one attached hydrogen (secondary N) is 1. The molecule has 0 radical (unpaired) electrons. The maximum atomic E-state index is 13.4. The van der Waals surface area contributed by atoms with Gasteiger partial charge in [-0.15, -0.1) is 0 Å². The van der Waals surface area contributed by atoms with Crippen molar-refractivity contribution in [3.05, 3.63) is 77.2 Å². The summed E-state index contributed by atoms with van der Waals surface area (Å²) in [4.78, 5) is 4.30. The fourth-order valence-electron chi connectivity index (χ4n) is 2.51. The van der Waals surface area contributed by atoms with E-state index in [0.717, 1.165) is 22.0 Å². The molecule has 1 heterocycles. The van der Waals surface area contributed by atoms with Gasteiger partial charge in [0, 0.05) is 11.6 Å². The lowest BCUT2D eigenvalue weighted by Crippen LogP contribution is -2.28. The SMILES string of the molecule is Cc1cc(C(NN)c2ccc3ncccc3c2)ccc1F. The number of halogens is 1. The van der Waals surface area contributed by atoms with E-state index in [9.17, 15) is 4.39 Å². The molecule has 1 aromatic heterocycles. The Balaban J connectivity index is 2.06. The second-order valence-corrected chi connectivity index (χ2v) is 5.06. The molecule has 0 spiro atoms. The van der Waals surface area contributed by atoms with Crippen molar-refractivity contribution in [2.45, 2.75) is 13.0 Å². The van der Waals surface area contributed by atoms with E-state index < -0.39 is 0 Å². The summed E-state index contributed by atoms with van der Waals surface area (Å²) < 4.78 is 13.4. The maximum Gasteiger partial charge on any atom is 0.126 e. The molecule has 0 aliphatic carbocycles. The summed E-state index contributed by atoms with van der Waals surface area (Å²) >= 11 is 0. The average molecular weight is 281 g/mol. The highest BCUT2D eigenvalue weighted by atomic mass is 19.1. The van der Waals surface area contributed by atoms with Gasteiger partial charge in [-0.05, 0) is 47.9 Å². The molecule has 0 bridgehead atoms. The van der Waals surface area contributed by atoms with Gasteiger partial charge >= 0.3 is 0 Å². The van der Waals surface area contributed by atoms with Crippen molar-refractivity contribution >= 4 is 10.9 Å². The van der Waals surface area contributed by atoms with Gasteiger partial charge in [-0.2, -0.15) is 0 Å². The Morgan fingerprint density at radius 1 is 1.10 bits per heavy atom. The molecule has 0 saturated carbocycles. The van der Waals surface area contributed by atoms with Crippen LogP contribution >= 0.6 is 0 Å². The van der Waals surface area contributed by atoms with Crippen molar-refractivity contribution < 1.29 is 4.39 Å². The number of nitrogens with two attached hydrogens (primary N) is 1. The van der Waals surface area contributed by atoms with Crippen LogP contribution in [-0.2, 0) is 0 Å². The minimum Gasteiger partial charge on any atom is -0.271 e. The minimum absolute atomic E-state index is 0.186. The second-order valence-electron chi connectivity index (χ2n) is 5.06. The van der Waals surface area contributed by atoms with Crippen molar-refractivity contribution in [3.63, 3.8) is 0 Å². The van der Waals surface area contributed by atoms with Crippen molar-refractivity contribution in [1.82, 2.24) is 10.4 Å². The van der Waals surface area contributed by atoms with Gasteiger partial charge in [0.15, 0.2) is 0 Å². The number of pyridine rings is 1. The Labute approximate surface area is 122 Å². The fraction of sp³-hybridized carbons (Fsp3) is 0.118. The first-order valence-electron chi connectivity index (χ1n) is 6.76. The van der Waals surface area contributed by atoms with E-state index in [0.29, 0.717) is 5.56 Å². The summed E-state index contributed by atoms with van der Waals surface area (Å²) in [7, 11) is 0. The van der Waals surface area contributed by atoms with Crippen molar-refractivity contribution in [2.24, 2.45) is 5.84 Å². The molecule has 0 amide bonds. The smallest absolute Gasteiger partial charge is 0.126 e.